The summed E-state index contributed by atoms with van der Waals surface area (Å²) < 4.78 is 35.8. The molecule has 0 radical (unpaired) electrons. The van der Waals surface area contributed by atoms with Crippen LogP contribution >= 0.6 is 0 Å². The van der Waals surface area contributed by atoms with E-state index in [1.807, 2.05) is 6.07 Å². The largest absolute Gasteiger partial charge is 0.401 e. The molecule has 0 atom stereocenters. The van der Waals surface area contributed by atoms with Crippen LogP contribution in [0.5, 0.6) is 0 Å². The van der Waals surface area contributed by atoms with Gasteiger partial charge in [-0.25, -0.2) is 0 Å². The van der Waals surface area contributed by atoms with Gasteiger partial charge < -0.3 is 5.32 Å². The minimum atomic E-state index is -4.32. The Morgan fingerprint density at radius 2 is 2.00 bits per heavy atom. The number of ketones is 1. The molecule has 1 N–H and O–H groups in total. The van der Waals surface area contributed by atoms with Crippen LogP contribution < -0.4 is 5.32 Å². The Kier molecular flexibility index (Phi) is 3.80. The molecule has 2 aromatic rings. The van der Waals surface area contributed by atoms with Crippen LogP contribution in [0.2, 0.25) is 0 Å². The first-order valence-electron chi connectivity index (χ1n) is 5.61. The Labute approximate surface area is 107 Å². The number of nitrogens with one attached hydrogen (secondary N) is 1. The molecular weight excluding hydrogens is 257 g/mol. The van der Waals surface area contributed by atoms with E-state index in [1.54, 1.807) is 24.3 Å². The number of alkyl halides is 3. The van der Waals surface area contributed by atoms with E-state index in [0.29, 0.717) is 5.56 Å². The third kappa shape index (κ3) is 3.75. The highest BCUT2D eigenvalue weighted by molar-refractivity contribution is 6.00. The van der Waals surface area contributed by atoms with E-state index in [1.165, 1.54) is 6.20 Å². The van der Waals surface area contributed by atoms with Crippen LogP contribution in [-0.2, 0) is 0 Å². The van der Waals surface area contributed by atoms with Gasteiger partial charge in [-0.15, -0.1) is 0 Å². The van der Waals surface area contributed by atoms with E-state index >= 15 is 0 Å². The molecule has 2 rings (SSSR count). The molecule has 0 spiro atoms. The topological polar surface area (TPSA) is 42.0 Å². The molecule has 0 aliphatic heterocycles. The third-order valence-electron chi connectivity index (χ3n) is 2.52. The highest BCUT2D eigenvalue weighted by Gasteiger charge is 2.26. The molecule has 0 aliphatic rings. The molecule has 0 unspecified atom stereocenters. The van der Waals surface area contributed by atoms with E-state index in [2.05, 4.69) is 10.3 Å². The van der Waals surface area contributed by atoms with Crippen molar-refractivity contribution in [2.45, 2.75) is 6.18 Å². The standard InChI is InChI=1S/C13H11F3N2O/c14-13(15,16)8-17-7-12(19)10-5-9-3-1-2-4-11(9)18-6-10/h1-6,17H,7-8H2. The number of Topliss-reactive ketones (excluding diaryl/α,β-unsaturated/α-hetero) is 1. The Balaban J connectivity index is 2.05. The maximum atomic E-state index is 11.9. The number of pyridine rings is 1. The zero-order valence-corrected chi connectivity index (χ0v) is 9.87. The fourth-order valence-corrected chi connectivity index (χ4v) is 1.64. The van der Waals surface area contributed by atoms with Crippen molar-refractivity contribution in [2.75, 3.05) is 13.1 Å². The Bertz CT molecular complexity index is 596. The number of rotatable bonds is 4. The van der Waals surface area contributed by atoms with Gasteiger partial charge in [0.25, 0.3) is 0 Å². The summed E-state index contributed by atoms with van der Waals surface area (Å²) in [6.45, 7) is -1.54. The number of hydrogen-bond donors (Lipinski definition) is 1. The molecule has 19 heavy (non-hydrogen) atoms. The van der Waals surface area contributed by atoms with Gasteiger partial charge in [-0.05, 0) is 12.1 Å². The Hall–Kier alpha value is -1.95. The number of nitrogens with zero attached hydrogens (tertiary/aromatic N) is 1. The first-order valence-corrected chi connectivity index (χ1v) is 5.61. The van der Waals surface area contributed by atoms with E-state index in [-0.39, 0.29) is 6.54 Å². The quantitative estimate of drug-likeness (QED) is 0.866. The van der Waals surface area contributed by atoms with Crippen LogP contribution in [0.4, 0.5) is 13.2 Å². The zero-order valence-electron chi connectivity index (χ0n) is 9.87. The lowest BCUT2D eigenvalue weighted by molar-refractivity contribution is -0.124. The van der Waals surface area contributed by atoms with Gasteiger partial charge in [0.05, 0.1) is 18.6 Å². The highest BCUT2D eigenvalue weighted by Crippen LogP contribution is 2.14. The van der Waals surface area contributed by atoms with E-state index in [9.17, 15) is 18.0 Å². The van der Waals surface area contributed by atoms with E-state index in [0.717, 1.165) is 10.9 Å². The van der Waals surface area contributed by atoms with Gasteiger partial charge in [0.2, 0.25) is 0 Å². The van der Waals surface area contributed by atoms with Crippen molar-refractivity contribution in [3.05, 3.63) is 42.1 Å². The molecule has 0 fully saturated rings. The highest BCUT2D eigenvalue weighted by atomic mass is 19.4. The summed E-state index contributed by atoms with van der Waals surface area (Å²) in [6.07, 6.45) is -2.94. The summed E-state index contributed by atoms with van der Waals surface area (Å²) in [7, 11) is 0. The average molecular weight is 268 g/mol. The lowest BCUT2D eigenvalue weighted by Gasteiger charge is -2.07. The second-order valence-electron chi connectivity index (χ2n) is 4.06. The number of benzene rings is 1. The van der Waals surface area contributed by atoms with Crippen molar-refractivity contribution in [1.82, 2.24) is 10.3 Å². The Morgan fingerprint density at radius 3 is 2.74 bits per heavy atom. The third-order valence-corrected chi connectivity index (χ3v) is 2.52. The van der Waals surface area contributed by atoms with Crippen LogP contribution in [0.1, 0.15) is 10.4 Å². The second-order valence-corrected chi connectivity index (χ2v) is 4.06. The zero-order chi connectivity index (χ0) is 13.9. The molecule has 1 aromatic carbocycles. The molecule has 1 heterocycles. The maximum Gasteiger partial charge on any atom is 0.401 e. The molecule has 1 aromatic heterocycles. The molecule has 0 bridgehead atoms. The Morgan fingerprint density at radius 1 is 1.26 bits per heavy atom. The van der Waals surface area contributed by atoms with Crippen LogP contribution in [0.15, 0.2) is 36.5 Å². The van der Waals surface area contributed by atoms with Crippen LogP contribution in [-0.4, -0.2) is 30.0 Å². The predicted molar refractivity (Wildman–Crippen MR) is 65.0 cm³/mol. The van der Waals surface area contributed by atoms with Gasteiger partial charge >= 0.3 is 6.18 Å². The minimum Gasteiger partial charge on any atom is -0.302 e. The fourth-order valence-electron chi connectivity index (χ4n) is 1.64. The van der Waals surface area contributed by atoms with Crippen molar-refractivity contribution in [3.63, 3.8) is 0 Å². The normalized spacial score (nSPS) is 11.7. The minimum absolute atomic E-state index is 0.299. The van der Waals surface area contributed by atoms with Gasteiger partial charge in [0.1, 0.15) is 0 Å². The number of fused-ring (bicyclic) bond motifs is 1. The fraction of sp³-hybridized carbons (Fsp3) is 0.231. The van der Waals surface area contributed by atoms with Crippen LogP contribution in [0, 0.1) is 0 Å². The van der Waals surface area contributed by atoms with Crippen molar-refractivity contribution in [2.24, 2.45) is 0 Å². The number of hydrogen-bond acceptors (Lipinski definition) is 3. The van der Waals surface area contributed by atoms with E-state index in [4.69, 9.17) is 0 Å². The molecule has 0 aliphatic carbocycles. The molecule has 6 heteroatoms. The molecule has 0 saturated carbocycles. The van der Waals surface area contributed by atoms with Gasteiger partial charge in [0.15, 0.2) is 5.78 Å². The first kappa shape index (κ1) is 13.5. The molecule has 100 valence electrons. The molecular formula is C13H11F3N2O. The van der Waals surface area contributed by atoms with Crippen molar-refractivity contribution < 1.29 is 18.0 Å². The summed E-state index contributed by atoms with van der Waals surface area (Å²) in [5, 5.41) is 2.85. The smallest absolute Gasteiger partial charge is 0.302 e. The van der Waals surface area contributed by atoms with Gasteiger partial charge in [-0.2, -0.15) is 13.2 Å². The summed E-state index contributed by atoms with van der Waals surface area (Å²) in [5.41, 5.74) is 1.04. The maximum absolute atomic E-state index is 11.9. The lowest BCUT2D eigenvalue weighted by atomic mass is 10.1. The molecule has 3 nitrogen and oxygen atoms in total. The summed E-state index contributed by atoms with van der Waals surface area (Å²) in [5.74, 6) is -0.414. The second kappa shape index (κ2) is 5.36. The monoisotopic (exact) mass is 268 g/mol. The first-order chi connectivity index (χ1) is 8.96. The van der Waals surface area contributed by atoms with Crippen LogP contribution in [0.3, 0.4) is 0 Å². The van der Waals surface area contributed by atoms with Gasteiger partial charge in [0, 0.05) is 17.1 Å². The number of para-hydroxylation sites is 1. The average Bonchev–Trinajstić information content (AvgIpc) is 2.36. The summed E-state index contributed by atoms with van der Waals surface area (Å²) in [4.78, 5) is 15.8. The van der Waals surface area contributed by atoms with Gasteiger partial charge in [-0.3, -0.25) is 9.78 Å². The van der Waals surface area contributed by atoms with Crippen molar-refractivity contribution >= 4 is 16.7 Å². The SMILES string of the molecule is O=C(CNCC(F)(F)F)c1cnc2ccccc2c1. The number of aromatic nitrogens is 1. The molecule has 0 saturated heterocycles. The molecule has 0 amide bonds. The van der Waals surface area contributed by atoms with Gasteiger partial charge in [-0.1, -0.05) is 18.2 Å². The van der Waals surface area contributed by atoms with Crippen molar-refractivity contribution in [1.29, 1.82) is 0 Å². The van der Waals surface area contributed by atoms with Crippen LogP contribution in [0.25, 0.3) is 10.9 Å². The summed E-state index contributed by atoms with van der Waals surface area (Å²) in [6, 6.07) is 8.84. The lowest BCUT2D eigenvalue weighted by Crippen LogP contribution is -2.32. The number of halogens is 3. The summed E-state index contributed by atoms with van der Waals surface area (Å²) >= 11 is 0. The number of carbonyl (C=O) groups excluding carboxylic acids is 1. The number of carbonyl (C=O) groups is 1. The predicted octanol–water partition coefficient (Wildman–Crippen LogP) is 2.57. The van der Waals surface area contributed by atoms with Crippen molar-refractivity contribution in [3.8, 4) is 0 Å². The van der Waals surface area contributed by atoms with E-state index < -0.39 is 18.5 Å².